The highest BCUT2D eigenvalue weighted by Crippen LogP contribution is 2.43. The molecular weight excluding hydrogens is 464 g/mol. The van der Waals surface area contributed by atoms with Gasteiger partial charge in [0.25, 0.3) is 0 Å². The van der Waals surface area contributed by atoms with Crippen molar-refractivity contribution in [1.82, 2.24) is 14.9 Å². The van der Waals surface area contributed by atoms with E-state index in [4.69, 9.17) is 21.9 Å². The number of hydrogen-bond acceptors (Lipinski definition) is 3. The minimum absolute atomic E-state index is 0.00906. The third-order valence-electron chi connectivity index (χ3n) is 7.27. The van der Waals surface area contributed by atoms with Crippen molar-refractivity contribution in [3.8, 4) is 11.5 Å². The van der Waals surface area contributed by atoms with Gasteiger partial charge < -0.3 is 19.5 Å². The lowest BCUT2D eigenvalue weighted by molar-refractivity contribution is 0.340. The maximum atomic E-state index is 6.03. The number of anilines is 1. The molecule has 0 amide bonds. The van der Waals surface area contributed by atoms with Crippen LogP contribution in [0.25, 0.3) is 0 Å². The van der Waals surface area contributed by atoms with E-state index in [0.717, 1.165) is 22.9 Å². The first-order chi connectivity index (χ1) is 17.8. The summed E-state index contributed by atoms with van der Waals surface area (Å²) in [6.07, 6.45) is 10.5. The Balaban J connectivity index is 1.36. The van der Waals surface area contributed by atoms with Gasteiger partial charge in [0, 0.05) is 29.8 Å². The number of nitrogens with one attached hydrogen (secondary N) is 1. The molecule has 1 saturated carbocycles. The first-order valence-corrected chi connectivity index (χ1v) is 13.2. The summed E-state index contributed by atoms with van der Waals surface area (Å²) in [6, 6.07) is 29.1. The Kier molecular flexibility index (Phi) is 6.43. The predicted molar refractivity (Wildman–Crippen MR) is 147 cm³/mol. The van der Waals surface area contributed by atoms with Gasteiger partial charge in [-0.2, -0.15) is 0 Å². The lowest BCUT2D eigenvalue weighted by Crippen LogP contribution is -2.31. The lowest BCUT2D eigenvalue weighted by Gasteiger charge is -2.32. The molecular formula is C30H30N4OS. The molecule has 5 nitrogen and oxygen atoms in total. The van der Waals surface area contributed by atoms with Crippen LogP contribution in [0.5, 0.6) is 11.5 Å². The van der Waals surface area contributed by atoms with Gasteiger partial charge in [-0.1, -0.05) is 43.5 Å². The first kappa shape index (κ1) is 22.8. The predicted octanol–water partition coefficient (Wildman–Crippen LogP) is 7.36. The molecule has 2 aromatic heterocycles. The van der Waals surface area contributed by atoms with Gasteiger partial charge in [-0.25, -0.2) is 0 Å². The number of aromatic nitrogens is 2. The highest BCUT2D eigenvalue weighted by atomic mass is 32.1. The second-order valence-electron chi connectivity index (χ2n) is 9.54. The highest BCUT2D eigenvalue weighted by molar-refractivity contribution is 7.80. The highest BCUT2D eigenvalue weighted by Gasteiger charge is 2.42. The molecule has 0 spiro atoms. The van der Waals surface area contributed by atoms with E-state index in [1.54, 1.807) is 0 Å². The summed E-state index contributed by atoms with van der Waals surface area (Å²) in [5.41, 5.74) is 3.30. The molecule has 1 aliphatic carbocycles. The number of benzene rings is 2. The summed E-state index contributed by atoms with van der Waals surface area (Å²) in [4.78, 5) is 6.95. The fourth-order valence-corrected chi connectivity index (χ4v) is 5.93. The molecule has 2 aliphatic rings. The number of pyridine rings is 1. The molecule has 2 atom stereocenters. The van der Waals surface area contributed by atoms with Crippen LogP contribution in [0.4, 0.5) is 5.69 Å². The van der Waals surface area contributed by atoms with Crippen LogP contribution in [-0.4, -0.2) is 14.7 Å². The average molecular weight is 495 g/mol. The minimum atomic E-state index is -0.0452. The van der Waals surface area contributed by atoms with Crippen molar-refractivity contribution in [2.75, 3.05) is 4.90 Å². The molecule has 36 heavy (non-hydrogen) atoms. The number of nitrogens with zero attached hydrogens (tertiary/aromatic N) is 3. The molecule has 2 unspecified atom stereocenters. The second-order valence-corrected chi connectivity index (χ2v) is 9.92. The van der Waals surface area contributed by atoms with Crippen LogP contribution >= 0.6 is 12.2 Å². The molecule has 2 aromatic carbocycles. The molecule has 1 aliphatic heterocycles. The normalized spacial score (nSPS) is 20.3. The van der Waals surface area contributed by atoms with Gasteiger partial charge in [0.2, 0.25) is 0 Å². The molecule has 6 heteroatoms. The van der Waals surface area contributed by atoms with Crippen LogP contribution in [0.2, 0.25) is 0 Å². The van der Waals surface area contributed by atoms with Crippen molar-refractivity contribution in [1.29, 1.82) is 0 Å². The van der Waals surface area contributed by atoms with Crippen LogP contribution in [0.15, 0.2) is 97.3 Å². The topological polar surface area (TPSA) is 42.3 Å². The van der Waals surface area contributed by atoms with Crippen molar-refractivity contribution < 1.29 is 4.74 Å². The number of hydrogen-bond donors (Lipinski definition) is 1. The fourth-order valence-electron chi connectivity index (χ4n) is 5.58. The standard InChI is InChI=1S/C30H30N4OS/c36-30-32-28(26-14-7-8-20-31-26)29(27-15-9-21-33(27)22-10-3-1-4-11-22)34(30)23-16-18-25(19-17-23)35-24-12-5-2-6-13-24/h2,5-9,12-22,28-29H,1,3-4,10-11H2,(H,32,36). The Morgan fingerprint density at radius 2 is 1.56 bits per heavy atom. The molecule has 0 bridgehead atoms. The van der Waals surface area contributed by atoms with Gasteiger partial charge in [0.15, 0.2) is 5.11 Å². The van der Waals surface area contributed by atoms with Crippen molar-refractivity contribution in [3.05, 3.63) is 109 Å². The summed E-state index contributed by atoms with van der Waals surface area (Å²) >= 11 is 5.93. The Hall–Kier alpha value is -3.64. The average Bonchev–Trinajstić information content (AvgIpc) is 3.55. The van der Waals surface area contributed by atoms with Crippen molar-refractivity contribution in [3.63, 3.8) is 0 Å². The first-order valence-electron chi connectivity index (χ1n) is 12.8. The van der Waals surface area contributed by atoms with Crippen LogP contribution in [0.1, 0.15) is 61.6 Å². The maximum absolute atomic E-state index is 6.03. The Morgan fingerprint density at radius 1 is 0.806 bits per heavy atom. The number of thiocarbonyl (C=S) groups is 1. The largest absolute Gasteiger partial charge is 0.457 e. The molecule has 6 rings (SSSR count). The third kappa shape index (κ3) is 4.49. The summed E-state index contributed by atoms with van der Waals surface area (Å²) in [7, 11) is 0. The van der Waals surface area contributed by atoms with E-state index in [1.807, 2.05) is 60.8 Å². The van der Waals surface area contributed by atoms with Crippen molar-refractivity contribution >= 4 is 23.0 Å². The van der Waals surface area contributed by atoms with E-state index in [-0.39, 0.29) is 12.1 Å². The van der Waals surface area contributed by atoms with Gasteiger partial charge >= 0.3 is 0 Å². The molecule has 0 radical (unpaired) electrons. The molecule has 4 aromatic rings. The van der Waals surface area contributed by atoms with Gasteiger partial charge in [0.1, 0.15) is 17.5 Å². The second kappa shape index (κ2) is 10.2. The van der Waals surface area contributed by atoms with E-state index in [2.05, 4.69) is 51.3 Å². The van der Waals surface area contributed by atoms with Crippen LogP contribution in [0.3, 0.4) is 0 Å². The molecule has 2 fully saturated rings. The van der Waals surface area contributed by atoms with Crippen molar-refractivity contribution in [2.24, 2.45) is 0 Å². The molecule has 182 valence electrons. The smallest absolute Gasteiger partial charge is 0.174 e. The number of rotatable bonds is 6. The fraction of sp³-hybridized carbons (Fsp3) is 0.267. The Morgan fingerprint density at radius 3 is 2.31 bits per heavy atom. The van der Waals surface area contributed by atoms with Gasteiger partial charge in [-0.3, -0.25) is 4.98 Å². The Labute approximate surface area is 217 Å². The zero-order valence-corrected chi connectivity index (χ0v) is 21.0. The monoisotopic (exact) mass is 494 g/mol. The summed E-state index contributed by atoms with van der Waals surface area (Å²) in [5, 5.41) is 4.30. The van der Waals surface area contributed by atoms with Gasteiger partial charge in [0.05, 0.1) is 11.7 Å². The number of para-hydroxylation sites is 1. The van der Waals surface area contributed by atoms with E-state index < -0.39 is 0 Å². The summed E-state index contributed by atoms with van der Waals surface area (Å²) in [6.45, 7) is 0. The van der Waals surface area contributed by atoms with Crippen LogP contribution in [-0.2, 0) is 0 Å². The van der Waals surface area contributed by atoms with Crippen LogP contribution in [0, 0.1) is 0 Å². The maximum Gasteiger partial charge on any atom is 0.174 e. The van der Waals surface area contributed by atoms with E-state index in [0.29, 0.717) is 11.2 Å². The van der Waals surface area contributed by atoms with E-state index >= 15 is 0 Å². The van der Waals surface area contributed by atoms with Gasteiger partial charge in [-0.15, -0.1) is 0 Å². The zero-order valence-electron chi connectivity index (χ0n) is 20.2. The quantitative estimate of drug-likeness (QED) is 0.284. The minimum Gasteiger partial charge on any atom is -0.457 e. The Bertz CT molecular complexity index is 1300. The lowest BCUT2D eigenvalue weighted by atomic mass is 9.94. The summed E-state index contributed by atoms with van der Waals surface area (Å²) < 4.78 is 8.53. The zero-order chi connectivity index (χ0) is 24.3. The molecule has 1 N–H and O–H groups in total. The van der Waals surface area contributed by atoms with Gasteiger partial charge in [-0.05, 0) is 85.7 Å². The van der Waals surface area contributed by atoms with Crippen molar-refractivity contribution in [2.45, 2.75) is 50.2 Å². The van der Waals surface area contributed by atoms with E-state index in [1.165, 1.54) is 37.8 Å². The summed E-state index contributed by atoms with van der Waals surface area (Å²) in [5.74, 6) is 1.62. The SMILES string of the molecule is S=C1NC(c2ccccn2)C(c2cccn2C2CCCCC2)N1c1ccc(Oc2ccccc2)cc1. The molecule has 3 heterocycles. The third-order valence-corrected chi connectivity index (χ3v) is 7.59. The van der Waals surface area contributed by atoms with E-state index in [9.17, 15) is 0 Å². The molecule has 1 saturated heterocycles. The number of ether oxygens (including phenoxy) is 1. The van der Waals surface area contributed by atoms with Crippen LogP contribution < -0.4 is 15.0 Å².